The van der Waals surface area contributed by atoms with E-state index < -0.39 is 58.1 Å². The molecule has 0 radical (unpaired) electrons. The molecular formula is C67H36F12N6. The molecule has 0 unspecified atom stereocenters. The van der Waals surface area contributed by atoms with Gasteiger partial charge in [0.2, 0.25) is 0 Å². The van der Waals surface area contributed by atoms with Gasteiger partial charge in [-0.3, -0.25) is 0 Å². The maximum Gasteiger partial charge on any atom is 0.416 e. The molecule has 0 amide bonds. The molecule has 0 atom stereocenters. The molecule has 418 valence electrons. The summed E-state index contributed by atoms with van der Waals surface area (Å²) in [7, 11) is 0. The molecule has 12 aromatic rings. The molecule has 0 bridgehead atoms. The minimum absolute atomic E-state index is 0.00375. The number of aromatic nitrogens is 5. The quantitative estimate of drug-likeness (QED) is 0.135. The molecule has 9 aromatic carbocycles. The van der Waals surface area contributed by atoms with Crippen molar-refractivity contribution in [3.05, 3.63) is 246 Å². The van der Waals surface area contributed by atoms with Gasteiger partial charge in [0.1, 0.15) is 0 Å². The van der Waals surface area contributed by atoms with Gasteiger partial charge in [0, 0.05) is 44.2 Å². The summed E-state index contributed by atoms with van der Waals surface area (Å²) in [5, 5.41) is 11.6. The fourth-order valence-electron chi connectivity index (χ4n) is 10.3. The molecule has 0 aliphatic rings. The Morgan fingerprint density at radius 2 is 0.647 bits per heavy atom. The molecule has 0 spiro atoms. The van der Waals surface area contributed by atoms with Gasteiger partial charge in [-0.1, -0.05) is 146 Å². The maximum atomic E-state index is 14.6. The maximum absolute atomic E-state index is 14.6. The van der Waals surface area contributed by atoms with E-state index in [0.717, 1.165) is 0 Å². The summed E-state index contributed by atoms with van der Waals surface area (Å²) in [6.07, 6.45) is -21.0. The SMILES string of the molecule is N#Cc1cc(-c2cc(-c3ccccc3)nc(-c3ccccc3)n2)c(-n2c3cc(-c4cc(C(F)(F)F)cc(C(F)(F)F)c4)ccc3c3ccc(-c4cc(C(F)(F)F)cc(C(F)(F)F)c4)cc32)c(-c2nc(-c3ccccc3)cc(-c3ccccc3)n2)c1. The molecule has 0 saturated heterocycles. The molecule has 0 aliphatic heterocycles. The smallest absolute Gasteiger partial charge is 0.308 e. The molecule has 6 nitrogen and oxygen atoms in total. The van der Waals surface area contributed by atoms with Crippen molar-refractivity contribution in [3.63, 3.8) is 0 Å². The first-order valence-corrected chi connectivity index (χ1v) is 25.8. The first kappa shape index (κ1) is 55.1. The average molecular weight is 1150 g/mol. The Balaban J connectivity index is 1.27. The van der Waals surface area contributed by atoms with Gasteiger partial charge in [0.15, 0.2) is 11.6 Å². The first-order valence-electron chi connectivity index (χ1n) is 25.8. The second kappa shape index (κ2) is 21.1. The van der Waals surface area contributed by atoms with Crippen molar-refractivity contribution in [2.75, 3.05) is 0 Å². The number of alkyl halides is 12. The third kappa shape index (κ3) is 11.0. The fourth-order valence-corrected chi connectivity index (χ4v) is 10.3. The highest BCUT2D eigenvalue weighted by Crippen LogP contribution is 2.47. The Morgan fingerprint density at radius 1 is 0.306 bits per heavy atom. The molecule has 12 rings (SSSR count). The molecule has 0 aliphatic carbocycles. The van der Waals surface area contributed by atoms with Crippen molar-refractivity contribution in [3.8, 4) is 102 Å². The lowest BCUT2D eigenvalue weighted by Gasteiger charge is -2.21. The lowest BCUT2D eigenvalue weighted by atomic mass is 9.96. The standard InChI is InChI=1S/C67H36F12N6/c68-64(69,70)47-27-45(28-48(33-47)65(71,72)73)43-21-23-51-52-24-22-44(46-29-49(66(74,75)76)34-50(30-46)67(77,78)79)32-60(52)85(59(51)31-43)61-53(58-36-57(41-17-9-3-10-18-41)81-62(84-58)42-19-11-4-12-20-42)25-38(37-80)26-54(61)63-82-55(39-13-5-1-6-14-39)35-56(83-63)40-15-7-2-8-16-40/h1-36H. The summed E-state index contributed by atoms with van der Waals surface area (Å²) < 4.78 is 176. The van der Waals surface area contributed by atoms with E-state index in [1.54, 1.807) is 109 Å². The minimum Gasteiger partial charge on any atom is -0.308 e. The number of hydrogen-bond acceptors (Lipinski definition) is 5. The number of nitriles is 1. The van der Waals surface area contributed by atoms with Crippen LogP contribution in [0, 0.1) is 11.3 Å². The van der Waals surface area contributed by atoms with Crippen LogP contribution in [-0.4, -0.2) is 24.5 Å². The van der Waals surface area contributed by atoms with Gasteiger partial charge < -0.3 is 4.57 Å². The number of fused-ring (bicyclic) bond motifs is 3. The molecule has 0 fully saturated rings. The zero-order valence-corrected chi connectivity index (χ0v) is 43.5. The van der Waals surface area contributed by atoms with Crippen LogP contribution in [0.1, 0.15) is 27.8 Å². The Morgan fingerprint density at radius 3 is 1.02 bits per heavy atom. The highest BCUT2D eigenvalue weighted by atomic mass is 19.4. The summed E-state index contributed by atoms with van der Waals surface area (Å²) in [6, 6.07) is 54.9. The third-order valence-electron chi connectivity index (χ3n) is 14.3. The van der Waals surface area contributed by atoms with E-state index >= 15 is 0 Å². The van der Waals surface area contributed by atoms with Crippen LogP contribution in [0.5, 0.6) is 0 Å². The largest absolute Gasteiger partial charge is 0.416 e. The molecule has 3 aromatic heterocycles. The third-order valence-corrected chi connectivity index (χ3v) is 14.3. The summed E-state index contributed by atoms with van der Waals surface area (Å²) in [6.45, 7) is 0. The number of hydrogen-bond donors (Lipinski definition) is 0. The van der Waals surface area contributed by atoms with Crippen LogP contribution in [0.15, 0.2) is 218 Å². The second-order valence-electron chi connectivity index (χ2n) is 19.8. The van der Waals surface area contributed by atoms with Gasteiger partial charge in [-0.25, -0.2) is 19.9 Å². The molecule has 18 heteroatoms. The summed E-state index contributed by atoms with van der Waals surface area (Å²) in [5.41, 5.74) is -3.59. The van der Waals surface area contributed by atoms with E-state index in [1.807, 2.05) is 24.3 Å². The van der Waals surface area contributed by atoms with E-state index in [4.69, 9.17) is 19.9 Å². The summed E-state index contributed by atoms with van der Waals surface area (Å²) >= 11 is 0. The van der Waals surface area contributed by atoms with E-state index in [2.05, 4.69) is 6.07 Å². The van der Waals surface area contributed by atoms with Crippen LogP contribution in [0.25, 0.3) is 118 Å². The van der Waals surface area contributed by atoms with E-state index in [0.29, 0.717) is 63.6 Å². The van der Waals surface area contributed by atoms with Gasteiger partial charge in [0.25, 0.3) is 0 Å². The van der Waals surface area contributed by atoms with Gasteiger partial charge in [-0.2, -0.15) is 57.9 Å². The zero-order chi connectivity index (χ0) is 59.6. The van der Waals surface area contributed by atoms with Crippen molar-refractivity contribution in [1.82, 2.24) is 24.5 Å². The molecule has 85 heavy (non-hydrogen) atoms. The summed E-state index contributed by atoms with van der Waals surface area (Å²) in [5.74, 6) is 0.166. The Labute approximate surface area is 475 Å². The van der Waals surface area contributed by atoms with Crippen LogP contribution >= 0.6 is 0 Å². The van der Waals surface area contributed by atoms with Crippen molar-refractivity contribution >= 4 is 21.8 Å². The molecule has 3 heterocycles. The number of benzene rings is 9. The van der Waals surface area contributed by atoms with Gasteiger partial charge in [-0.15, -0.1) is 0 Å². The van der Waals surface area contributed by atoms with Crippen molar-refractivity contribution in [1.29, 1.82) is 5.26 Å². The van der Waals surface area contributed by atoms with Crippen molar-refractivity contribution < 1.29 is 52.7 Å². The number of rotatable bonds is 9. The molecule has 0 saturated carbocycles. The molecule has 0 N–H and O–H groups in total. The van der Waals surface area contributed by atoms with Crippen LogP contribution < -0.4 is 0 Å². The second-order valence-corrected chi connectivity index (χ2v) is 19.8. The van der Waals surface area contributed by atoms with Crippen LogP contribution in [0.3, 0.4) is 0 Å². The number of halogens is 12. The Hall–Kier alpha value is -10.4. The first-order chi connectivity index (χ1) is 40.6. The van der Waals surface area contributed by atoms with Crippen LogP contribution in [0.2, 0.25) is 0 Å². The normalized spacial score (nSPS) is 12.2. The van der Waals surface area contributed by atoms with Crippen LogP contribution in [-0.2, 0) is 24.7 Å². The van der Waals surface area contributed by atoms with Crippen molar-refractivity contribution in [2.24, 2.45) is 0 Å². The zero-order valence-electron chi connectivity index (χ0n) is 43.5. The highest BCUT2D eigenvalue weighted by molar-refractivity contribution is 6.12. The van der Waals surface area contributed by atoms with E-state index in [9.17, 15) is 57.9 Å². The Kier molecular flexibility index (Phi) is 13.7. The summed E-state index contributed by atoms with van der Waals surface area (Å²) in [4.78, 5) is 20.4. The Bertz CT molecular complexity index is 4130. The highest BCUT2D eigenvalue weighted by Gasteiger charge is 2.39. The number of nitrogens with zero attached hydrogens (tertiary/aromatic N) is 6. The van der Waals surface area contributed by atoms with Crippen LogP contribution in [0.4, 0.5) is 52.7 Å². The molecular weight excluding hydrogens is 1120 g/mol. The van der Waals surface area contributed by atoms with Gasteiger partial charge in [-0.05, 0) is 95.1 Å². The van der Waals surface area contributed by atoms with Crippen molar-refractivity contribution in [2.45, 2.75) is 24.7 Å². The van der Waals surface area contributed by atoms with E-state index in [-0.39, 0.29) is 84.8 Å². The predicted molar refractivity (Wildman–Crippen MR) is 300 cm³/mol. The fraction of sp³-hybridized carbons (Fsp3) is 0.0597. The average Bonchev–Trinajstić information content (AvgIpc) is 1.71. The topological polar surface area (TPSA) is 80.3 Å². The van der Waals surface area contributed by atoms with E-state index in [1.165, 1.54) is 53.1 Å². The minimum atomic E-state index is -5.24. The lowest BCUT2D eigenvalue weighted by molar-refractivity contribution is -0.144. The monoisotopic (exact) mass is 1150 g/mol. The van der Waals surface area contributed by atoms with Gasteiger partial charge >= 0.3 is 24.7 Å². The lowest BCUT2D eigenvalue weighted by Crippen LogP contribution is -2.11. The predicted octanol–water partition coefficient (Wildman–Crippen LogP) is 19.6. The van der Waals surface area contributed by atoms with Gasteiger partial charge in [0.05, 0.1) is 73.4 Å².